The predicted molar refractivity (Wildman–Crippen MR) is 83.4 cm³/mol. The Morgan fingerprint density at radius 1 is 1.58 bits per heavy atom. The SMILES string of the molecule is CSCC(C)C(NN)c1c(Cl)cnn1CCN(C)C. The Morgan fingerprint density at radius 2 is 2.26 bits per heavy atom. The molecule has 19 heavy (non-hydrogen) atoms. The third-order valence-corrected chi connectivity index (χ3v) is 4.22. The number of nitrogens with one attached hydrogen (secondary N) is 1. The molecule has 1 heterocycles. The number of nitrogens with two attached hydrogens (primary N) is 1. The average molecular weight is 306 g/mol. The van der Waals surface area contributed by atoms with Crippen molar-refractivity contribution in [2.24, 2.45) is 11.8 Å². The smallest absolute Gasteiger partial charge is 0.0834 e. The van der Waals surface area contributed by atoms with E-state index in [1.54, 1.807) is 18.0 Å². The first-order valence-electron chi connectivity index (χ1n) is 6.32. The van der Waals surface area contributed by atoms with Crippen molar-refractivity contribution in [3.8, 4) is 0 Å². The zero-order chi connectivity index (χ0) is 14.4. The lowest BCUT2D eigenvalue weighted by Crippen LogP contribution is -2.36. The summed E-state index contributed by atoms with van der Waals surface area (Å²) in [6.45, 7) is 3.89. The molecule has 0 bridgehead atoms. The van der Waals surface area contributed by atoms with Crippen molar-refractivity contribution in [2.75, 3.05) is 32.6 Å². The number of rotatable bonds is 8. The fraction of sp³-hybridized carbons (Fsp3) is 0.750. The number of aromatic nitrogens is 2. The summed E-state index contributed by atoms with van der Waals surface area (Å²) in [5.74, 6) is 7.12. The number of hydrazine groups is 1. The molecule has 7 heteroatoms. The molecule has 1 aromatic rings. The first-order valence-corrected chi connectivity index (χ1v) is 8.09. The summed E-state index contributed by atoms with van der Waals surface area (Å²) in [4.78, 5) is 2.12. The Hall–Kier alpha value is -0.270. The van der Waals surface area contributed by atoms with E-state index in [1.165, 1.54) is 0 Å². The Morgan fingerprint density at radius 3 is 2.79 bits per heavy atom. The topological polar surface area (TPSA) is 59.1 Å². The van der Waals surface area contributed by atoms with Crippen molar-refractivity contribution < 1.29 is 0 Å². The third kappa shape index (κ3) is 4.65. The van der Waals surface area contributed by atoms with Crippen molar-refractivity contribution in [2.45, 2.75) is 19.5 Å². The Balaban J connectivity index is 2.92. The van der Waals surface area contributed by atoms with E-state index in [0.29, 0.717) is 10.9 Å². The van der Waals surface area contributed by atoms with Gasteiger partial charge in [-0.1, -0.05) is 18.5 Å². The van der Waals surface area contributed by atoms with Crippen molar-refractivity contribution >= 4 is 23.4 Å². The molecule has 2 unspecified atom stereocenters. The molecule has 1 aromatic heterocycles. The molecule has 3 N–H and O–H groups in total. The summed E-state index contributed by atoms with van der Waals surface area (Å²) < 4.78 is 1.95. The molecule has 0 spiro atoms. The fourth-order valence-electron chi connectivity index (χ4n) is 2.03. The quantitative estimate of drug-likeness (QED) is 0.564. The Kier molecular flexibility index (Phi) is 7.17. The van der Waals surface area contributed by atoms with Gasteiger partial charge in [0.05, 0.1) is 29.5 Å². The summed E-state index contributed by atoms with van der Waals surface area (Å²) in [5.41, 5.74) is 3.86. The first kappa shape index (κ1) is 16.8. The number of hydrogen-bond donors (Lipinski definition) is 2. The number of likely N-dealkylation sites (N-methyl/N-ethyl adjacent to an activating group) is 1. The van der Waals surface area contributed by atoms with Gasteiger partial charge in [0.1, 0.15) is 0 Å². The highest BCUT2D eigenvalue weighted by Gasteiger charge is 2.24. The lowest BCUT2D eigenvalue weighted by atomic mass is 10.0. The zero-order valence-corrected chi connectivity index (χ0v) is 13.6. The molecule has 0 aliphatic heterocycles. The lowest BCUT2D eigenvalue weighted by Gasteiger charge is -2.24. The molecule has 0 aromatic carbocycles. The van der Waals surface area contributed by atoms with Gasteiger partial charge in [0.2, 0.25) is 0 Å². The van der Waals surface area contributed by atoms with Crippen molar-refractivity contribution in [1.82, 2.24) is 20.1 Å². The minimum Gasteiger partial charge on any atom is -0.308 e. The third-order valence-electron chi connectivity index (χ3n) is 3.06. The highest BCUT2D eigenvalue weighted by atomic mass is 35.5. The van der Waals surface area contributed by atoms with Crippen LogP contribution in [0, 0.1) is 5.92 Å². The van der Waals surface area contributed by atoms with Crippen LogP contribution < -0.4 is 11.3 Å². The molecule has 0 fully saturated rings. The van der Waals surface area contributed by atoms with E-state index in [1.807, 2.05) is 18.8 Å². The molecule has 2 atom stereocenters. The van der Waals surface area contributed by atoms with Crippen LogP contribution in [0.1, 0.15) is 18.7 Å². The molecule has 5 nitrogen and oxygen atoms in total. The van der Waals surface area contributed by atoms with E-state index in [-0.39, 0.29) is 6.04 Å². The van der Waals surface area contributed by atoms with E-state index in [9.17, 15) is 0 Å². The molecule has 0 aliphatic rings. The second kappa shape index (κ2) is 8.11. The van der Waals surface area contributed by atoms with Gasteiger partial charge in [0, 0.05) is 6.54 Å². The number of halogens is 1. The van der Waals surface area contributed by atoms with Gasteiger partial charge in [-0.2, -0.15) is 16.9 Å². The van der Waals surface area contributed by atoms with E-state index in [0.717, 1.165) is 24.5 Å². The highest BCUT2D eigenvalue weighted by Crippen LogP contribution is 2.29. The molecule has 0 amide bonds. The van der Waals surface area contributed by atoms with Crippen molar-refractivity contribution in [3.63, 3.8) is 0 Å². The van der Waals surface area contributed by atoms with Gasteiger partial charge in [-0.05, 0) is 32.0 Å². The van der Waals surface area contributed by atoms with Crippen LogP contribution in [-0.4, -0.2) is 47.3 Å². The second-order valence-electron chi connectivity index (χ2n) is 4.98. The standard InChI is InChI=1S/C12H24ClN5S/c1-9(8-19-4)11(16-14)12-10(13)7-15-18(12)6-5-17(2)3/h7,9,11,16H,5-6,8,14H2,1-4H3. The summed E-state index contributed by atoms with van der Waals surface area (Å²) in [6, 6.07) is 0.0182. The lowest BCUT2D eigenvalue weighted by molar-refractivity contribution is 0.347. The van der Waals surface area contributed by atoms with Gasteiger partial charge in [-0.25, -0.2) is 0 Å². The van der Waals surface area contributed by atoms with E-state index in [2.05, 4.69) is 28.6 Å². The summed E-state index contributed by atoms with van der Waals surface area (Å²) in [6.07, 6.45) is 3.79. The van der Waals surface area contributed by atoms with Crippen LogP contribution in [0.5, 0.6) is 0 Å². The maximum Gasteiger partial charge on any atom is 0.0834 e. The van der Waals surface area contributed by atoms with Crippen molar-refractivity contribution in [3.05, 3.63) is 16.9 Å². The van der Waals surface area contributed by atoms with Crippen molar-refractivity contribution in [1.29, 1.82) is 0 Å². The van der Waals surface area contributed by atoms with Crippen LogP contribution in [-0.2, 0) is 6.54 Å². The van der Waals surface area contributed by atoms with Gasteiger partial charge >= 0.3 is 0 Å². The molecule has 0 aliphatic carbocycles. The Labute approximate surface area is 124 Å². The van der Waals surface area contributed by atoms with Gasteiger partial charge in [-0.3, -0.25) is 16.0 Å². The van der Waals surface area contributed by atoms with Crippen LogP contribution in [0.15, 0.2) is 6.20 Å². The average Bonchev–Trinajstić information content (AvgIpc) is 2.70. The molecule has 0 radical (unpaired) electrons. The molecule has 110 valence electrons. The zero-order valence-electron chi connectivity index (χ0n) is 12.1. The largest absolute Gasteiger partial charge is 0.308 e. The number of hydrogen-bond acceptors (Lipinski definition) is 5. The second-order valence-corrected chi connectivity index (χ2v) is 6.30. The highest BCUT2D eigenvalue weighted by molar-refractivity contribution is 7.98. The van der Waals surface area contributed by atoms with E-state index >= 15 is 0 Å². The Bertz CT molecular complexity index is 382. The summed E-state index contributed by atoms with van der Waals surface area (Å²) in [5, 5.41) is 5.03. The van der Waals surface area contributed by atoms with Crippen LogP contribution in [0.3, 0.4) is 0 Å². The van der Waals surface area contributed by atoms with Crippen LogP contribution >= 0.6 is 23.4 Å². The molecule has 0 saturated carbocycles. The van der Waals surface area contributed by atoms with Gasteiger partial charge in [-0.15, -0.1) is 0 Å². The van der Waals surface area contributed by atoms with E-state index in [4.69, 9.17) is 17.4 Å². The normalized spacial score (nSPS) is 14.9. The number of thioether (sulfide) groups is 1. The summed E-state index contributed by atoms with van der Waals surface area (Å²) in [7, 11) is 4.08. The molecular weight excluding hydrogens is 282 g/mol. The number of nitrogens with zero attached hydrogens (tertiary/aromatic N) is 3. The summed E-state index contributed by atoms with van der Waals surface area (Å²) >= 11 is 8.08. The molecule has 1 rings (SSSR count). The van der Waals surface area contributed by atoms with Gasteiger partial charge < -0.3 is 4.90 Å². The minimum atomic E-state index is 0.0182. The minimum absolute atomic E-state index is 0.0182. The van der Waals surface area contributed by atoms with Crippen LogP contribution in [0.2, 0.25) is 5.02 Å². The van der Waals surface area contributed by atoms with E-state index < -0.39 is 0 Å². The fourth-order valence-corrected chi connectivity index (χ4v) is 3.00. The molecular formula is C12H24ClN5S. The van der Waals surface area contributed by atoms with Crippen LogP contribution in [0.25, 0.3) is 0 Å². The molecule has 0 saturated heterocycles. The van der Waals surface area contributed by atoms with Gasteiger partial charge in [0.15, 0.2) is 0 Å². The van der Waals surface area contributed by atoms with Crippen LogP contribution in [0.4, 0.5) is 0 Å². The maximum atomic E-state index is 6.28. The predicted octanol–water partition coefficient (Wildman–Crippen LogP) is 1.60. The first-order chi connectivity index (χ1) is 9.01. The maximum absolute atomic E-state index is 6.28. The van der Waals surface area contributed by atoms with Gasteiger partial charge in [0.25, 0.3) is 0 Å². The monoisotopic (exact) mass is 305 g/mol.